The van der Waals surface area contributed by atoms with Crippen molar-refractivity contribution in [1.29, 1.82) is 0 Å². The highest BCUT2D eigenvalue weighted by atomic mass is 16.6. The van der Waals surface area contributed by atoms with E-state index in [9.17, 15) is 4.79 Å². The van der Waals surface area contributed by atoms with E-state index in [2.05, 4.69) is 61.5 Å². The predicted octanol–water partition coefficient (Wildman–Crippen LogP) is 6.37. The summed E-state index contributed by atoms with van der Waals surface area (Å²) in [6, 6.07) is 27.1. The Balaban J connectivity index is 1.34. The van der Waals surface area contributed by atoms with E-state index in [1.165, 1.54) is 16.7 Å². The summed E-state index contributed by atoms with van der Waals surface area (Å²) in [6.45, 7) is 5.91. The maximum Gasteiger partial charge on any atom is 0.410 e. The fraction of sp³-hybridized carbons (Fsp3) is 0.387. The van der Waals surface area contributed by atoms with Crippen LogP contribution in [0.1, 0.15) is 42.0 Å². The monoisotopic (exact) mass is 487 g/mol. The van der Waals surface area contributed by atoms with Gasteiger partial charge in [-0.1, -0.05) is 72.8 Å². The van der Waals surface area contributed by atoms with E-state index in [1.807, 2.05) is 36.1 Å². The van der Waals surface area contributed by atoms with Gasteiger partial charge < -0.3 is 19.1 Å². The van der Waals surface area contributed by atoms with Gasteiger partial charge in [-0.15, -0.1) is 0 Å². The van der Waals surface area contributed by atoms with Crippen LogP contribution in [0.2, 0.25) is 0 Å². The zero-order chi connectivity index (χ0) is 25.2. The van der Waals surface area contributed by atoms with Gasteiger partial charge in [0.15, 0.2) is 0 Å². The van der Waals surface area contributed by atoms with Gasteiger partial charge in [0, 0.05) is 12.5 Å². The second-order valence-electron chi connectivity index (χ2n) is 9.39. The molecular formula is C31H37NO4. The maximum absolute atomic E-state index is 12.6. The number of hydrogen-bond donors (Lipinski definition) is 0. The Bertz CT molecular complexity index is 1090. The molecule has 1 fully saturated rings. The minimum absolute atomic E-state index is 0.0139. The molecule has 3 aromatic rings. The highest BCUT2D eigenvalue weighted by Gasteiger charge is 2.36. The van der Waals surface area contributed by atoms with Crippen molar-refractivity contribution in [2.45, 2.75) is 58.3 Å². The van der Waals surface area contributed by atoms with Gasteiger partial charge in [0.25, 0.3) is 0 Å². The number of likely N-dealkylation sites (tertiary alicyclic amines) is 1. The van der Waals surface area contributed by atoms with Crippen LogP contribution in [-0.2, 0) is 28.9 Å². The van der Waals surface area contributed by atoms with Crippen LogP contribution in [0.25, 0.3) is 0 Å². The standard InChI is InChI=1S/C31H37NO4/c1-3-34-31(33)32-22-29(36-23-26-12-8-5-9-13-26)21-28(32)18-19-35-30-20-24(2)14-16-27(30)17-15-25-10-6-4-7-11-25/h4-14,16,20,28-29H,3,15,17-19,21-23H2,1-2H3/t28-,29-/m1/s1. The number of benzene rings is 3. The molecule has 2 atom stereocenters. The van der Waals surface area contributed by atoms with Crippen LogP contribution in [-0.4, -0.2) is 42.9 Å². The summed E-state index contributed by atoms with van der Waals surface area (Å²) < 4.78 is 17.8. The number of hydrogen-bond acceptors (Lipinski definition) is 4. The van der Waals surface area contributed by atoms with Crippen molar-refractivity contribution in [3.05, 3.63) is 101 Å². The van der Waals surface area contributed by atoms with Crippen molar-refractivity contribution in [3.63, 3.8) is 0 Å². The summed E-state index contributed by atoms with van der Waals surface area (Å²) in [6.07, 6.45) is 3.13. The smallest absolute Gasteiger partial charge is 0.410 e. The van der Waals surface area contributed by atoms with Crippen LogP contribution in [0.3, 0.4) is 0 Å². The van der Waals surface area contributed by atoms with Gasteiger partial charge in [0.2, 0.25) is 0 Å². The molecule has 0 radical (unpaired) electrons. The number of amides is 1. The number of carbonyl (C=O) groups is 1. The van der Waals surface area contributed by atoms with Crippen molar-refractivity contribution < 1.29 is 19.0 Å². The number of carbonyl (C=O) groups excluding carboxylic acids is 1. The SMILES string of the molecule is CCOC(=O)N1C[C@H](OCc2ccccc2)C[C@H]1CCOc1cc(C)ccc1CCc1ccccc1. The topological polar surface area (TPSA) is 48.0 Å². The van der Waals surface area contributed by atoms with Crippen LogP contribution >= 0.6 is 0 Å². The first-order valence-corrected chi connectivity index (χ1v) is 13.0. The molecule has 0 aliphatic carbocycles. The molecule has 1 aliphatic heterocycles. The van der Waals surface area contributed by atoms with Crippen LogP contribution in [0.4, 0.5) is 4.79 Å². The molecule has 1 aliphatic rings. The lowest BCUT2D eigenvalue weighted by atomic mass is 10.0. The van der Waals surface area contributed by atoms with Gasteiger partial charge in [0.05, 0.1) is 32.5 Å². The second kappa shape index (κ2) is 13.1. The molecule has 0 unspecified atom stereocenters. The summed E-state index contributed by atoms with van der Waals surface area (Å²) in [4.78, 5) is 14.4. The number of nitrogens with zero attached hydrogens (tertiary/aromatic N) is 1. The predicted molar refractivity (Wildman–Crippen MR) is 142 cm³/mol. The largest absolute Gasteiger partial charge is 0.493 e. The highest BCUT2D eigenvalue weighted by molar-refractivity contribution is 5.68. The van der Waals surface area contributed by atoms with E-state index in [-0.39, 0.29) is 18.2 Å². The van der Waals surface area contributed by atoms with Gasteiger partial charge >= 0.3 is 6.09 Å². The van der Waals surface area contributed by atoms with E-state index in [4.69, 9.17) is 14.2 Å². The lowest BCUT2D eigenvalue weighted by Gasteiger charge is -2.23. The van der Waals surface area contributed by atoms with E-state index in [1.54, 1.807) is 0 Å². The summed E-state index contributed by atoms with van der Waals surface area (Å²) >= 11 is 0. The molecule has 0 saturated carbocycles. The second-order valence-corrected chi connectivity index (χ2v) is 9.39. The minimum atomic E-state index is -0.271. The molecule has 190 valence electrons. The Hall–Kier alpha value is -3.31. The fourth-order valence-electron chi connectivity index (χ4n) is 4.72. The molecule has 0 bridgehead atoms. The molecule has 1 saturated heterocycles. The first-order valence-electron chi connectivity index (χ1n) is 13.0. The summed E-state index contributed by atoms with van der Waals surface area (Å²) in [7, 11) is 0. The van der Waals surface area contributed by atoms with Crippen molar-refractivity contribution in [2.24, 2.45) is 0 Å². The molecule has 0 spiro atoms. The molecule has 5 heteroatoms. The Kier molecular flexibility index (Phi) is 9.40. The Morgan fingerprint density at radius 1 is 0.944 bits per heavy atom. The summed E-state index contributed by atoms with van der Waals surface area (Å²) in [5.41, 5.74) is 4.84. The zero-order valence-corrected chi connectivity index (χ0v) is 21.4. The Morgan fingerprint density at radius 2 is 1.67 bits per heavy atom. The third-order valence-corrected chi connectivity index (χ3v) is 6.66. The molecule has 3 aromatic carbocycles. The van der Waals surface area contributed by atoms with E-state index in [0.29, 0.717) is 26.4 Å². The average molecular weight is 488 g/mol. The van der Waals surface area contributed by atoms with Gasteiger partial charge in [-0.2, -0.15) is 0 Å². The molecule has 5 nitrogen and oxygen atoms in total. The van der Waals surface area contributed by atoms with Crippen molar-refractivity contribution in [3.8, 4) is 5.75 Å². The van der Waals surface area contributed by atoms with Gasteiger partial charge in [-0.3, -0.25) is 0 Å². The van der Waals surface area contributed by atoms with Gasteiger partial charge in [-0.25, -0.2) is 4.79 Å². The molecule has 1 amide bonds. The zero-order valence-electron chi connectivity index (χ0n) is 21.4. The van der Waals surface area contributed by atoms with E-state index >= 15 is 0 Å². The van der Waals surface area contributed by atoms with Crippen molar-refractivity contribution in [2.75, 3.05) is 19.8 Å². The quantitative estimate of drug-likeness (QED) is 0.316. The maximum atomic E-state index is 12.6. The number of aryl methyl sites for hydroxylation is 3. The van der Waals surface area contributed by atoms with Gasteiger partial charge in [0.1, 0.15) is 5.75 Å². The Morgan fingerprint density at radius 3 is 2.39 bits per heavy atom. The number of ether oxygens (including phenoxy) is 3. The van der Waals surface area contributed by atoms with Crippen LogP contribution in [0.5, 0.6) is 5.75 Å². The van der Waals surface area contributed by atoms with E-state index in [0.717, 1.165) is 37.0 Å². The molecule has 36 heavy (non-hydrogen) atoms. The first kappa shape index (κ1) is 25.8. The summed E-state index contributed by atoms with van der Waals surface area (Å²) in [5, 5.41) is 0. The van der Waals surface area contributed by atoms with Crippen molar-refractivity contribution >= 4 is 6.09 Å². The molecular weight excluding hydrogens is 450 g/mol. The molecule has 0 aromatic heterocycles. The van der Waals surface area contributed by atoms with Crippen LogP contribution in [0, 0.1) is 6.92 Å². The summed E-state index contributed by atoms with van der Waals surface area (Å²) in [5.74, 6) is 0.934. The molecule has 0 N–H and O–H groups in total. The number of rotatable bonds is 11. The first-order chi connectivity index (χ1) is 17.6. The lowest BCUT2D eigenvalue weighted by molar-refractivity contribution is 0.0442. The minimum Gasteiger partial charge on any atom is -0.493 e. The average Bonchev–Trinajstić information content (AvgIpc) is 3.31. The third-order valence-electron chi connectivity index (χ3n) is 6.66. The van der Waals surface area contributed by atoms with Crippen LogP contribution < -0.4 is 4.74 Å². The lowest BCUT2D eigenvalue weighted by Crippen LogP contribution is -2.37. The van der Waals surface area contributed by atoms with E-state index < -0.39 is 0 Å². The Labute approximate surface area is 215 Å². The van der Waals surface area contributed by atoms with Crippen LogP contribution in [0.15, 0.2) is 78.9 Å². The fourth-order valence-corrected chi connectivity index (χ4v) is 4.72. The van der Waals surface area contributed by atoms with Crippen molar-refractivity contribution in [1.82, 2.24) is 4.90 Å². The molecule has 1 heterocycles. The van der Waals surface area contributed by atoms with Gasteiger partial charge in [-0.05, 0) is 61.4 Å². The normalized spacial score (nSPS) is 17.2. The highest BCUT2D eigenvalue weighted by Crippen LogP contribution is 2.27. The third kappa shape index (κ3) is 7.34. The molecule has 4 rings (SSSR count).